The van der Waals surface area contributed by atoms with Gasteiger partial charge in [-0.1, -0.05) is 26.8 Å². The van der Waals surface area contributed by atoms with E-state index in [1.165, 1.54) is 0 Å². The van der Waals surface area contributed by atoms with Gasteiger partial charge in [-0.3, -0.25) is 9.69 Å². The van der Waals surface area contributed by atoms with Crippen molar-refractivity contribution in [1.82, 2.24) is 20.0 Å². The first-order valence-electron chi connectivity index (χ1n) is 11.3. The number of hydrogen-bond acceptors (Lipinski definition) is 4. The molecule has 3 rings (SSSR count). The molecule has 180 valence electrons. The highest BCUT2D eigenvalue weighted by Crippen LogP contribution is 2.45. The molecule has 1 aliphatic heterocycles. The fourth-order valence-electron chi connectivity index (χ4n) is 4.90. The molecule has 0 saturated carbocycles. The van der Waals surface area contributed by atoms with Gasteiger partial charge in [0.2, 0.25) is 0 Å². The molecule has 5 nitrogen and oxygen atoms in total. The lowest BCUT2D eigenvalue weighted by Crippen LogP contribution is -2.51. The Labute approximate surface area is 184 Å². The highest BCUT2D eigenvalue weighted by Gasteiger charge is 2.49. The van der Waals surface area contributed by atoms with Crippen molar-refractivity contribution in [2.45, 2.75) is 70.5 Å². The normalized spacial score (nSPS) is 23.2. The van der Waals surface area contributed by atoms with Crippen LogP contribution in [-0.4, -0.2) is 52.1 Å². The van der Waals surface area contributed by atoms with Crippen molar-refractivity contribution in [3.63, 3.8) is 0 Å². The summed E-state index contributed by atoms with van der Waals surface area (Å²) in [5, 5.41) is 5.86. The molecule has 1 saturated heterocycles. The highest BCUT2D eigenvalue weighted by molar-refractivity contribution is 5.36. The van der Waals surface area contributed by atoms with Crippen LogP contribution < -0.4 is 5.56 Å². The largest absolute Gasteiger partial charge is 0.422 e. The maximum atomic E-state index is 14.9. The molecule has 32 heavy (non-hydrogen) atoms. The Bertz CT molecular complexity index is 882. The number of nitrogens with zero attached hydrogens (tertiary/aromatic N) is 3. The van der Waals surface area contributed by atoms with Crippen molar-refractivity contribution in [3.05, 3.63) is 39.5 Å². The standard InChI is InChI=1S/C22H31F5N4O/c1-4-6-11-30(10-5-2)14(3)16-13-31(12-9-21(16,23)24)17-8-7-15-18(22(25,26)27)20(32)29-28-19(15)17/h16-17H,3-13H2,1-2H3,(H,29,32). The van der Waals surface area contributed by atoms with Crippen LogP contribution >= 0.6 is 0 Å². The third-order valence-electron chi connectivity index (χ3n) is 6.57. The molecule has 0 radical (unpaired) electrons. The molecular weight excluding hydrogens is 431 g/mol. The molecule has 1 aliphatic carbocycles. The van der Waals surface area contributed by atoms with Crippen molar-refractivity contribution in [2.75, 3.05) is 26.2 Å². The summed E-state index contributed by atoms with van der Waals surface area (Å²) in [6.07, 6.45) is -2.23. The van der Waals surface area contributed by atoms with Gasteiger partial charge in [0, 0.05) is 38.3 Å². The average molecular weight is 463 g/mol. The van der Waals surface area contributed by atoms with Gasteiger partial charge in [0.25, 0.3) is 11.5 Å². The van der Waals surface area contributed by atoms with Crippen molar-refractivity contribution in [1.29, 1.82) is 0 Å². The smallest absolute Gasteiger partial charge is 0.375 e. The van der Waals surface area contributed by atoms with Crippen LogP contribution in [0.25, 0.3) is 0 Å². The fourth-order valence-corrected chi connectivity index (χ4v) is 4.90. The first-order valence-corrected chi connectivity index (χ1v) is 11.3. The molecule has 2 heterocycles. The summed E-state index contributed by atoms with van der Waals surface area (Å²) in [6.45, 7) is 9.36. The van der Waals surface area contributed by atoms with Gasteiger partial charge < -0.3 is 4.90 Å². The second-order valence-electron chi connectivity index (χ2n) is 8.73. The number of aromatic amines is 1. The Morgan fingerprint density at radius 2 is 2.00 bits per heavy atom. The number of alkyl halides is 5. The van der Waals surface area contributed by atoms with Crippen molar-refractivity contribution in [2.24, 2.45) is 5.92 Å². The van der Waals surface area contributed by atoms with E-state index < -0.39 is 41.6 Å². The lowest BCUT2D eigenvalue weighted by atomic mass is 9.88. The molecule has 0 aromatic carbocycles. The zero-order valence-electron chi connectivity index (χ0n) is 18.6. The van der Waals surface area contributed by atoms with E-state index in [0.29, 0.717) is 25.2 Å². The number of hydrogen-bond donors (Lipinski definition) is 1. The van der Waals surface area contributed by atoms with E-state index >= 15 is 0 Å². The van der Waals surface area contributed by atoms with Gasteiger partial charge in [-0.2, -0.15) is 18.3 Å². The van der Waals surface area contributed by atoms with E-state index in [-0.39, 0.29) is 30.8 Å². The Morgan fingerprint density at radius 1 is 1.28 bits per heavy atom. The fraction of sp³-hybridized carbons (Fsp3) is 0.727. The Kier molecular flexibility index (Phi) is 7.31. The summed E-state index contributed by atoms with van der Waals surface area (Å²) in [5.74, 6) is -4.06. The third kappa shape index (κ3) is 4.84. The third-order valence-corrected chi connectivity index (χ3v) is 6.57. The van der Waals surface area contributed by atoms with Crippen LogP contribution in [0.4, 0.5) is 22.0 Å². The molecule has 2 atom stereocenters. The average Bonchev–Trinajstić information content (AvgIpc) is 3.13. The number of piperidine rings is 1. The predicted octanol–water partition coefficient (Wildman–Crippen LogP) is 4.76. The monoisotopic (exact) mass is 462 g/mol. The quantitative estimate of drug-likeness (QED) is 0.566. The Balaban J connectivity index is 1.86. The lowest BCUT2D eigenvalue weighted by molar-refractivity contribution is -0.139. The minimum Gasteiger partial charge on any atom is -0.375 e. The van der Waals surface area contributed by atoms with Gasteiger partial charge >= 0.3 is 6.18 Å². The number of halogens is 5. The van der Waals surface area contributed by atoms with Gasteiger partial charge in [0.05, 0.1) is 17.7 Å². The van der Waals surface area contributed by atoms with Crippen LogP contribution in [0, 0.1) is 5.92 Å². The first kappa shape index (κ1) is 24.7. The Hall–Kier alpha value is -1.97. The highest BCUT2D eigenvalue weighted by atomic mass is 19.4. The molecule has 1 fully saturated rings. The SMILES string of the molecule is C=C(C1CN(C2CCc3c2n[nH]c(=O)c3C(F)(F)F)CCC1(F)F)N(CCC)CCCC. The summed E-state index contributed by atoms with van der Waals surface area (Å²) in [6, 6.07) is -0.537. The maximum Gasteiger partial charge on any atom is 0.422 e. The van der Waals surface area contributed by atoms with Gasteiger partial charge in [0.1, 0.15) is 5.56 Å². The maximum absolute atomic E-state index is 14.9. The number of H-pyrrole nitrogens is 1. The predicted molar refractivity (Wildman–Crippen MR) is 111 cm³/mol. The molecule has 0 spiro atoms. The van der Waals surface area contributed by atoms with Crippen molar-refractivity contribution >= 4 is 0 Å². The topological polar surface area (TPSA) is 52.2 Å². The van der Waals surface area contributed by atoms with E-state index in [4.69, 9.17) is 0 Å². The molecule has 2 unspecified atom stereocenters. The molecule has 1 N–H and O–H groups in total. The van der Waals surface area contributed by atoms with E-state index in [9.17, 15) is 26.7 Å². The number of rotatable bonds is 8. The van der Waals surface area contributed by atoms with Crippen LogP contribution in [0.1, 0.15) is 68.8 Å². The number of fused-ring (bicyclic) bond motifs is 1. The zero-order valence-corrected chi connectivity index (χ0v) is 18.6. The molecule has 0 bridgehead atoms. The van der Waals surface area contributed by atoms with Crippen LogP contribution in [0.2, 0.25) is 0 Å². The first-order chi connectivity index (χ1) is 15.0. The molecule has 10 heteroatoms. The van der Waals surface area contributed by atoms with Crippen LogP contribution in [0.5, 0.6) is 0 Å². The summed E-state index contributed by atoms with van der Waals surface area (Å²) < 4.78 is 70.2. The number of unbranched alkanes of at least 4 members (excludes halogenated alkanes) is 1. The number of aromatic nitrogens is 2. The van der Waals surface area contributed by atoms with Crippen LogP contribution in [0.15, 0.2) is 17.1 Å². The molecule has 0 amide bonds. The second kappa shape index (κ2) is 9.49. The molecule has 2 aliphatic rings. The zero-order chi connectivity index (χ0) is 23.7. The summed E-state index contributed by atoms with van der Waals surface area (Å²) in [5.41, 5.74) is -2.07. The second-order valence-corrected chi connectivity index (χ2v) is 8.73. The van der Waals surface area contributed by atoms with E-state index in [1.54, 1.807) is 4.90 Å². The number of likely N-dealkylation sites (tertiary alicyclic amines) is 1. The van der Waals surface area contributed by atoms with Crippen LogP contribution in [-0.2, 0) is 12.6 Å². The number of nitrogens with one attached hydrogen (secondary N) is 1. The molecule has 1 aromatic rings. The van der Waals surface area contributed by atoms with E-state index in [2.05, 4.69) is 11.7 Å². The van der Waals surface area contributed by atoms with Gasteiger partial charge in [-0.25, -0.2) is 13.9 Å². The van der Waals surface area contributed by atoms with Gasteiger partial charge in [-0.05, 0) is 31.2 Å². The van der Waals surface area contributed by atoms with E-state index in [0.717, 1.165) is 19.3 Å². The Morgan fingerprint density at radius 3 is 2.62 bits per heavy atom. The molecular formula is C22H31F5N4O. The summed E-state index contributed by atoms with van der Waals surface area (Å²) in [7, 11) is 0. The van der Waals surface area contributed by atoms with E-state index in [1.807, 2.05) is 23.8 Å². The van der Waals surface area contributed by atoms with Gasteiger partial charge in [-0.15, -0.1) is 0 Å². The minimum absolute atomic E-state index is 0.00949. The minimum atomic E-state index is -4.79. The van der Waals surface area contributed by atoms with Crippen LogP contribution in [0.3, 0.4) is 0 Å². The van der Waals surface area contributed by atoms with Crippen molar-refractivity contribution in [3.8, 4) is 0 Å². The molecule has 1 aromatic heterocycles. The van der Waals surface area contributed by atoms with Gasteiger partial charge in [0.15, 0.2) is 0 Å². The summed E-state index contributed by atoms with van der Waals surface area (Å²) in [4.78, 5) is 15.5. The lowest BCUT2D eigenvalue weighted by Gasteiger charge is -2.44. The van der Waals surface area contributed by atoms with Crippen molar-refractivity contribution < 1.29 is 22.0 Å². The summed E-state index contributed by atoms with van der Waals surface area (Å²) >= 11 is 0.